The highest BCUT2D eigenvalue weighted by atomic mass is 32.2. The Hall–Kier alpha value is -0.130. The average Bonchev–Trinajstić information content (AvgIpc) is 2.32. The third-order valence-electron chi connectivity index (χ3n) is 3.49. The Morgan fingerprint density at radius 2 is 1.37 bits per heavy atom. The van der Waals surface area contributed by atoms with Gasteiger partial charge in [0.15, 0.2) is 0 Å². The van der Waals surface area contributed by atoms with Crippen LogP contribution in [0.25, 0.3) is 0 Å². The van der Waals surface area contributed by atoms with Crippen LogP contribution in [0.15, 0.2) is 0 Å². The molecule has 5 heteroatoms. The van der Waals surface area contributed by atoms with E-state index in [0.29, 0.717) is 12.8 Å². The molecule has 0 saturated carbocycles. The van der Waals surface area contributed by atoms with Crippen molar-refractivity contribution < 1.29 is 18.1 Å². The predicted octanol–water partition coefficient (Wildman–Crippen LogP) is 3.54. The average molecular weight is 294 g/mol. The minimum Gasteiger partial charge on any atom is -0.393 e. The molecular formula is C14H30O4S. The van der Waals surface area contributed by atoms with Crippen molar-refractivity contribution in [3.63, 3.8) is 0 Å². The van der Waals surface area contributed by atoms with Crippen molar-refractivity contribution in [2.24, 2.45) is 0 Å². The molecule has 0 aromatic rings. The maximum atomic E-state index is 11.1. The summed E-state index contributed by atoms with van der Waals surface area (Å²) in [4.78, 5) is 0. The second-order valence-corrected chi connectivity index (χ2v) is 7.06. The molecule has 0 spiro atoms. The molecule has 0 bridgehead atoms. The summed E-state index contributed by atoms with van der Waals surface area (Å²) in [6.45, 7) is 4.05. The van der Waals surface area contributed by atoms with Crippen LogP contribution in [0.5, 0.6) is 0 Å². The van der Waals surface area contributed by atoms with Crippen LogP contribution < -0.4 is 0 Å². The highest BCUT2D eigenvalue weighted by Gasteiger charge is 2.21. The maximum Gasteiger partial charge on any atom is 0.267 e. The van der Waals surface area contributed by atoms with E-state index in [1.54, 1.807) is 0 Å². The SMILES string of the molecule is CCCCCC(O)CCCCC(CCC)S(=O)(=O)O. The van der Waals surface area contributed by atoms with Crippen LogP contribution >= 0.6 is 0 Å². The Morgan fingerprint density at radius 1 is 0.842 bits per heavy atom. The van der Waals surface area contributed by atoms with E-state index in [-0.39, 0.29) is 6.10 Å². The molecule has 2 N–H and O–H groups in total. The number of unbranched alkanes of at least 4 members (excludes halogenated alkanes) is 3. The van der Waals surface area contributed by atoms with Crippen molar-refractivity contribution in [3.05, 3.63) is 0 Å². The van der Waals surface area contributed by atoms with E-state index in [0.717, 1.165) is 51.4 Å². The highest BCUT2D eigenvalue weighted by molar-refractivity contribution is 7.86. The van der Waals surface area contributed by atoms with Crippen LogP contribution in [0.1, 0.15) is 78.1 Å². The zero-order chi connectivity index (χ0) is 14.7. The largest absolute Gasteiger partial charge is 0.393 e. The molecule has 0 aromatic carbocycles. The lowest BCUT2D eigenvalue weighted by Crippen LogP contribution is -2.20. The lowest BCUT2D eigenvalue weighted by molar-refractivity contribution is 0.147. The van der Waals surface area contributed by atoms with E-state index in [4.69, 9.17) is 4.55 Å². The molecule has 0 heterocycles. The smallest absolute Gasteiger partial charge is 0.267 e. The minimum atomic E-state index is -3.91. The molecule has 0 aliphatic rings. The minimum absolute atomic E-state index is 0.262. The third-order valence-corrected chi connectivity index (χ3v) is 4.80. The van der Waals surface area contributed by atoms with E-state index in [2.05, 4.69) is 6.92 Å². The fraction of sp³-hybridized carbons (Fsp3) is 1.00. The Labute approximate surface area is 118 Å². The molecule has 0 aromatic heterocycles. The van der Waals surface area contributed by atoms with Crippen LogP contribution in [-0.4, -0.2) is 29.4 Å². The van der Waals surface area contributed by atoms with E-state index >= 15 is 0 Å². The summed E-state index contributed by atoms with van der Waals surface area (Å²) in [6, 6.07) is 0. The van der Waals surface area contributed by atoms with E-state index in [1.807, 2.05) is 6.92 Å². The van der Waals surface area contributed by atoms with Crippen molar-refractivity contribution in [2.75, 3.05) is 0 Å². The van der Waals surface area contributed by atoms with Crippen molar-refractivity contribution >= 4 is 10.1 Å². The van der Waals surface area contributed by atoms with Crippen LogP contribution in [-0.2, 0) is 10.1 Å². The first-order valence-electron chi connectivity index (χ1n) is 7.56. The molecule has 0 aliphatic heterocycles. The molecule has 116 valence electrons. The second kappa shape index (κ2) is 10.6. The molecule has 0 amide bonds. The molecule has 0 fully saturated rings. The van der Waals surface area contributed by atoms with Gasteiger partial charge in [0.2, 0.25) is 0 Å². The molecular weight excluding hydrogens is 264 g/mol. The molecule has 19 heavy (non-hydrogen) atoms. The van der Waals surface area contributed by atoms with Gasteiger partial charge in [0.25, 0.3) is 10.1 Å². The lowest BCUT2D eigenvalue weighted by atomic mass is 10.0. The molecule has 2 unspecified atom stereocenters. The third kappa shape index (κ3) is 10.3. The quantitative estimate of drug-likeness (QED) is 0.426. The van der Waals surface area contributed by atoms with Gasteiger partial charge in [-0.2, -0.15) is 8.42 Å². The molecule has 4 nitrogen and oxygen atoms in total. The number of hydrogen-bond acceptors (Lipinski definition) is 3. The molecule has 0 radical (unpaired) electrons. The zero-order valence-electron chi connectivity index (χ0n) is 12.3. The maximum absolute atomic E-state index is 11.1. The Kier molecular flexibility index (Phi) is 10.6. The van der Waals surface area contributed by atoms with E-state index in [1.165, 1.54) is 0 Å². The van der Waals surface area contributed by atoms with E-state index in [9.17, 15) is 13.5 Å². The lowest BCUT2D eigenvalue weighted by Gasteiger charge is -2.14. The topological polar surface area (TPSA) is 74.6 Å². The summed E-state index contributed by atoms with van der Waals surface area (Å²) >= 11 is 0. The highest BCUT2D eigenvalue weighted by Crippen LogP contribution is 2.17. The van der Waals surface area contributed by atoms with Gasteiger partial charge in [0, 0.05) is 0 Å². The van der Waals surface area contributed by atoms with Crippen molar-refractivity contribution in [1.82, 2.24) is 0 Å². The predicted molar refractivity (Wildman–Crippen MR) is 78.9 cm³/mol. The number of rotatable bonds is 12. The molecule has 0 saturated heterocycles. The van der Waals surface area contributed by atoms with Crippen LogP contribution in [0.4, 0.5) is 0 Å². The van der Waals surface area contributed by atoms with Gasteiger partial charge in [-0.3, -0.25) is 4.55 Å². The number of hydrogen-bond donors (Lipinski definition) is 2. The normalized spacial score (nSPS) is 15.4. The standard InChI is InChI=1S/C14H30O4S/c1-3-5-6-10-13(15)11-7-8-12-14(9-4-2)19(16,17)18/h13-15H,3-12H2,1-2H3,(H,16,17,18). The summed E-state index contributed by atoms with van der Waals surface area (Å²) in [5.74, 6) is 0. The number of aliphatic hydroxyl groups is 1. The zero-order valence-corrected chi connectivity index (χ0v) is 13.2. The fourth-order valence-corrected chi connectivity index (χ4v) is 3.29. The monoisotopic (exact) mass is 294 g/mol. The first kappa shape index (κ1) is 18.9. The summed E-state index contributed by atoms with van der Waals surface area (Å²) in [5, 5.41) is 9.11. The van der Waals surface area contributed by atoms with Crippen molar-refractivity contribution in [1.29, 1.82) is 0 Å². The molecule has 2 atom stereocenters. The summed E-state index contributed by atoms with van der Waals surface area (Å²) in [5.41, 5.74) is 0. The second-order valence-electron chi connectivity index (χ2n) is 5.36. The number of aliphatic hydroxyl groups excluding tert-OH is 1. The first-order chi connectivity index (χ1) is 8.91. The van der Waals surface area contributed by atoms with Gasteiger partial charge < -0.3 is 5.11 Å². The van der Waals surface area contributed by atoms with Crippen LogP contribution in [0, 0.1) is 0 Å². The van der Waals surface area contributed by atoms with Crippen molar-refractivity contribution in [2.45, 2.75) is 89.4 Å². The van der Waals surface area contributed by atoms with Gasteiger partial charge in [-0.05, 0) is 25.7 Å². The van der Waals surface area contributed by atoms with Gasteiger partial charge in [-0.15, -0.1) is 0 Å². The van der Waals surface area contributed by atoms with Gasteiger partial charge in [0.05, 0.1) is 11.4 Å². The summed E-state index contributed by atoms with van der Waals surface area (Å²) < 4.78 is 31.3. The molecule has 0 rings (SSSR count). The molecule has 0 aliphatic carbocycles. The Bertz CT molecular complexity index is 301. The summed E-state index contributed by atoms with van der Waals surface area (Å²) in [7, 11) is -3.91. The Morgan fingerprint density at radius 3 is 1.84 bits per heavy atom. The van der Waals surface area contributed by atoms with Crippen molar-refractivity contribution in [3.8, 4) is 0 Å². The van der Waals surface area contributed by atoms with Crippen LogP contribution in [0.3, 0.4) is 0 Å². The van der Waals surface area contributed by atoms with Gasteiger partial charge in [-0.1, -0.05) is 52.4 Å². The van der Waals surface area contributed by atoms with E-state index < -0.39 is 15.4 Å². The Balaban J connectivity index is 3.76. The van der Waals surface area contributed by atoms with Gasteiger partial charge in [0.1, 0.15) is 0 Å². The summed E-state index contributed by atoms with van der Waals surface area (Å²) in [6.07, 6.45) is 7.99. The van der Waals surface area contributed by atoms with Gasteiger partial charge >= 0.3 is 0 Å². The van der Waals surface area contributed by atoms with Crippen LogP contribution in [0.2, 0.25) is 0 Å². The van der Waals surface area contributed by atoms with Gasteiger partial charge in [-0.25, -0.2) is 0 Å². The fourth-order valence-electron chi connectivity index (χ4n) is 2.29. The first-order valence-corrected chi connectivity index (χ1v) is 9.06.